The fourth-order valence-corrected chi connectivity index (χ4v) is 5.76. The summed E-state index contributed by atoms with van der Waals surface area (Å²) in [6.45, 7) is 4.30. The van der Waals surface area contributed by atoms with E-state index in [0.717, 1.165) is 28.2 Å². The van der Waals surface area contributed by atoms with Gasteiger partial charge in [0.1, 0.15) is 28.3 Å². The Morgan fingerprint density at radius 3 is 2.92 bits per heavy atom. The summed E-state index contributed by atoms with van der Waals surface area (Å²) in [5, 5.41) is 19.9. The van der Waals surface area contributed by atoms with E-state index in [1.807, 2.05) is 31.2 Å². The Bertz CT molecular complexity index is 1310. The van der Waals surface area contributed by atoms with Gasteiger partial charge in [0, 0.05) is 17.4 Å². The van der Waals surface area contributed by atoms with Crippen molar-refractivity contribution in [2.24, 2.45) is 5.92 Å². The summed E-state index contributed by atoms with van der Waals surface area (Å²) in [6, 6.07) is 11.7. The molecule has 2 amide bonds. The molecular formula is C27H30N4O5S. The molecule has 2 heterocycles. The van der Waals surface area contributed by atoms with Crippen LogP contribution in [-0.2, 0) is 28.9 Å². The Balaban J connectivity index is 1.31. The third-order valence-corrected chi connectivity index (χ3v) is 7.60. The number of nitrogens with one attached hydrogen (secondary N) is 2. The van der Waals surface area contributed by atoms with E-state index in [2.05, 4.69) is 21.9 Å². The van der Waals surface area contributed by atoms with Crippen molar-refractivity contribution in [3.05, 3.63) is 63.4 Å². The van der Waals surface area contributed by atoms with Gasteiger partial charge in [0.25, 0.3) is 0 Å². The fourth-order valence-electron chi connectivity index (χ4n) is 4.43. The average molecular weight is 523 g/mol. The number of anilines is 1. The number of ether oxygens (including phenoxy) is 2. The molecule has 0 bridgehead atoms. The second kappa shape index (κ2) is 11.9. The summed E-state index contributed by atoms with van der Waals surface area (Å²) in [7, 11) is 1.62. The van der Waals surface area contributed by atoms with Gasteiger partial charge in [-0.25, -0.2) is 4.79 Å². The number of hydrogen-bond donors (Lipinski definition) is 2. The molecule has 0 radical (unpaired) electrons. The normalized spacial score (nSPS) is 15.2. The number of thiophene rings is 1. The zero-order valence-electron chi connectivity index (χ0n) is 21.1. The fraction of sp³-hybridized carbons (Fsp3) is 0.407. The number of aryl methyl sites for hydroxylation is 1. The monoisotopic (exact) mass is 522 g/mol. The Morgan fingerprint density at radius 2 is 2.19 bits per heavy atom. The van der Waals surface area contributed by atoms with E-state index in [9.17, 15) is 14.9 Å². The second-order valence-electron chi connectivity index (χ2n) is 9.24. The van der Waals surface area contributed by atoms with Crippen molar-refractivity contribution in [2.75, 3.05) is 19.0 Å². The van der Waals surface area contributed by atoms with Crippen LogP contribution in [0.4, 0.5) is 9.80 Å². The van der Waals surface area contributed by atoms with Crippen LogP contribution < -0.4 is 15.4 Å². The standard InChI is InChI=1S/C27H30N4O5S/c1-16(19-5-4-6-21(12-19)34-3)9-25(32)30-26-23(13-28)22-8-7-18(11-24(22)37-26)15-35-27(33)29-14-20-10-17(2)36-31-20/h4-6,10,12,16,18H,7-9,11,14-15H2,1-3H3,(H,29,33)(H,30,32). The van der Waals surface area contributed by atoms with Gasteiger partial charge in [-0.1, -0.05) is 24.2 Å². The van der Waals surface area contributed by atoms with Crippen LogP contribution >= 0.6 is 11.3 Å². The third-order valence-electron chi connectivity index (χ3n) is 6.43. The van der Waals surface area contributed by atoms with E-state index in [4.69, 9.17) is 14.0 Å². The van der Waals surface area contributed by atoms with Crippen molar-refractivity contribution in [1.29, 1.82) is 5.26 Å². The maximum absolute atomic E-state index is 12.8. The molecule has 3 aromatic rings. The molecule has 1 aliphatic carbocycles. The van der Waals surface area contributed by atoms with Crippen molar-refractivity contribution in [3.63, 3.8) is 0 Å². The summed E-state index contributed by atoms with van der Waals surface area (Å²) >= 11 is 1.44. The minimum Gasteiger partial charge on any atom is -0.497 e. The lowest BCUT2D eigenvalue weighted by Crippen LogP contribution is -2.27. The van der Waals surface area contributed by atoms with Crippen LogP contribution in [0.2, 0.25) is 0 Å². The van der Waals surface area contributed by atoms with Crippen LogP contribution in [0.25, 0.3) is 0 Å². The predicted octanol–water partition coefficient (Wildman–Crippen LogP) is 5.09. The number of benzene rings is 1. The lowest BCUT2D eigenvalue weighted by atomic mass is 9.88. The molecule has 2 atom stereocenters. The Kier molecular flexibility index (Phi) is 8.46. The molecule has 0 saturated carbocycles. The van der Waals surface area contributed by atoms with Gasteiger partial charge >= 0.3 is 6.09 Å². The first-order valence-electron chi connectivity index (χ1n) is 12.2. The summed E-state index contributed by atoms with van der Waals surface area (Å²) < 4.78 is 15.7. The summed E-state index contributed by atoms with van der Waals surface area (Å²) in [4.78, 5) is 26.0. The summed E-state index contributed by atoms with van der Waals surface area (Å²) in [6.07, 6.45) is 1.99. The molecule has 4 rings (SSSR count). The Morgan fingerprint density at radius 1 is 1.35 bits per heavy atom. The number of alkyl carbamates (subject to hydrolysis) is 1. The van der Waals surface area contributed by atoms with E-state index in [0.29, 0.717) is 41.3 Å². The van der Waals surface area contributed by atoms with Gasteiger partial charge in [0.05, 0.1) is 25.8 Å². The number of carbonyl (C=O) groups is 2. The first-order valence-corrected chi connectivity index (χ1v) is 13.0. The average Bonchev–Trinajstić information content (AvgIpc) is 3.47. The summed E-state index contributed by atoms with van der Waals surface area (Å²) in [5.74, 6) is 1.44. The van der Waals surface area contributed by atoms with E-state index < -0.39 is 6.09 Å². The van der Waals surface area contributed by atoms with Gasteiger partial charge < -0.3 is 24.6 Å². The molecule has 2 aromatic heterocycles. The van der Waals surface area contributed by atoms with E-state index >= 15 is 0 Å². The molecule has 0 spiro atoms. The van der Waals surface area contributed by atoms with Gasteiger partial charge in [0.2, 0.25) is 5.91 Å². The quantitative estimate of drug-likeness (QED) is 0.401. The van der Waals surface area contributed by atoms with E-state index in [1.165, 1.54) is 11.3 Å². The molecule has 0 aliphatic heterocycles. The predicted molar refractivity (Wildman–Crippen MR) is 139 cm³/mol. The Hall–Kier alpha value is -3.84. The van der Waals surface area contributed by atoms with Crippen molar-refractivity contribution in [3.8, 4) is 11.8 Å². The lowest BCUT2D eigenvalue weighted by molar-refractivity contribution is -0.116. The highest BCUT2D eigenvalue weighted by Gasteiger charge is 2.27. The zero-order chi connectivity index (χ0) is 26.4. The molecule has 1 aliphatic rings. The molecule has 0 saturated heterocycles. The Labute approximate surface area is 219 Å². The molecule has 10 heteroatoms. The summed E-state index contributed by atoms with van der Waals surface area (Å²) in [5.41, 5.74) is 3.18. The number of carbonyl (C=O) groups excluding carboxylic acids is 2. The van der Waals surface area contributed by atoms with Crippen LogP contribution in [0.1, 0.15) is 58.7 Å². The number of nitrogens with zero attached hydrogens (tertiary/aromatic N) is 2. The maximum Gasteiger partial charge on any atom is 0.407 e. The molecule has 2 N–H and O–H groups in total. The number of aromatic nitrogens is 1. The van der Waals surface area contributed by atoms with Crippen LogP contribution in [0.3, 0.4) is 0 Å². The van der Waals surface area contributed by atoms with Crippen LogP contribution in [0.5, 0.6) is 5.75 Å². The first-order chi connectivity index (χ1) is 17.9. The minimum absolute atomic E-state index is 0.00351. The molecular weight excluding hydrogens is 492 g/mol. The number of hydrogen-bond acceptors (Lipinski definition) is 8. The molecule has 0 fully saturated rings. The second-order valence-corrected chi connectivity index (χ2v) is 10.3. The van der Waals surface area contributed by atoms with Crippen molar-refractivity contribution in [2.45, 2.75) is 52.0 Å². The molecule has 37 heavy (non-hydrogen) atoms. The molecule has 194 valence electrons. The lowest BCUT2D eigenvalue weighted by Gasteiger charge is -2.21. The number of rotatable bonds is 9. The van der Waals surface area contributed by atoms with Crippen LogP contribution in [-0.4, -0.2) is 30.9 Å². The van der Waals surface area contributed by atoms with Crippen molar-refractivity contribution >= 4 is 28.3 Å². The third kappa shape index (κ3) is 6.68. The highest BCUT2D eigenvalue weighted by molar-refractivity contribution is 7.16. The van der Waals surface area contributed by atoms with Gasteiger partial charge in [-0.15, -0.1) is 11.3 Å². The topological polar surface area (TPSA) is 126 Å². The number of nitriles is 1. The highest BCUT2D eigenvalue weighted by Crippen LogP contribution is 2.39. The molecule has 1 aromatic carbocycles. The number of amides is 2. The van der Waals surface area contributed by atoms with E-state index in [1.54, 1.807) is 20.1 Å². The van der Waals surface area contributed by atoms with Crippen molar-refractivity contribution in [1.82, 2.24) is 10.5 Å². The minimum atomic E-state index is -0.506. The smallest absolute Gasteiger partial charge is 0.407 e. The van der Waals surface area contributed by atoms with Crippen LogP contribution in [0.15, 0.2) is 34.9 Å². The van der Waals surface area contributed by atoms with Gasteiger partial charge in [0.15, 0.2) is 0 Å². The maximum atomic E-state index is 12.8. The van der Waals surface area contributed by atoms with Gasteiger partial charge in [-0.2, -0.15) is 5.26 Å². The number of fused-ring (bicyclic) bond motifs is 1. The molecule has 2 unspecified atom stereocenters. The van der Waals surface area contributed by atoms with Crippen LogP contribution in [0, 0.1) is 24.2 Å². The van der Waals surface area contributed by atoms with Gasteiger partial charge in [-0.3, -0.25) is 4.79 Å². The highest BCUT2D eigenvalue weighted by atomic mass is 32.1. The number of methoxy groups -OCH3 is 1. The van der Waals surface area contributed by atoms with Crippen molar-refractivity contribution < 1.29 is 23.6 Å². The SMILES string of the molecule is COc1cccc(C(C)CC(=O)Nc2sc3c(c2C#N)CCC(COC(=O)NCc2cc(C)on2)C3)c1. The van der Waals surface area contributed by atoms with Gasteiger partial charge in [-0.05, 0) is 61.3 Å². The largest absolute Gasteiger partial charge is 0.497 e. The van der Waals surface area contributed by atoms with E-state index in [-0.39, 0.29) is 30.9 Å². The zero-order valence-corrected chi connectivity index (χ0v) is 21.9. The molecule has 9 nitrogen and oxygen atoms in total. The first kappa shape index (κ1) is 26.2.